The van der Waals surface area contributed by atoms with Crippen LogP contribution in [0.4, 0.5) is 5.69 Å². The maximum absolute atomic E-state index is 11.1. The van der Waals surface area contributed by atoms with Crippen LogP contribution in [-0.4, -0.2) is 16.1 Å². The molecule has 0 unspecified atom stereocenters. The number of nitrogens with one attached hydrogen (secondary N) is 1. The van der Waals surface area contributed by atoms with Crippen molar-refractivity contribution < 1.29 is 9.90 Å². The third kappa shape index (κ3) is 3.12. The molecule has 0 saturated carbocycles. The van der Waals surface area contributed by atoms with E-state index in [1.54, 1.807) is 17.4 Å². The van der Waals surface area contributed by atoms with Gasteiger partial charge in [0.05, 0.1) is 5.69 Å². The van der Waals surface area contributed by atoms with E-state index in [4.69, 9.17) is 5.11 Å². The van der Waals surface area contributed by atoms with E-state index in [2.05, 4.69) is 30.2 Å². The Morgan fingerprint density at radius 2 is 2.11 bits per heavy atom. The van der Waals surface area contributed by atoms with E-state index in [9.17, 15) is 4.79 Å². The number of carboxylic acid groups (broad SMARTS) is 1. The molecule has 100 valence electrons. The highest BCUT2D eigenvalue weighted by Crippen LogP contribution is 2.23. The lowest BCUT2D eigenvalue weighted by atomic mass is 10.2. The lowest BCUT2D eigenvalue weighted by molar-refractivity contribution is 0.0697. The molecule has 2 heterocycles. The number of hydrogen-bond donors (Lipinski definition) is 2. The van der Waals surface area contributed by atoms with E-state index in [0.717, 1.165) is 5.69 Å². The van der Waals surface area contributed by atoms with Gasteiger partial charge in [-0.1, -0.05) is 0 Å². The summed E-state index contributed by atoms with van der Waals surface area (Å²) in [4.78, 5) is 17.6. The highest BCUT2D eigenvalue weighted by Gasteiger charge is 2.11. The van der Waals surface area contributed by atoms with Crippen LogP contribution < -0.4 is 5.32 Å². The smallest absolute Gasteiger partial charge is 0.339 e. The average molecular weight is 276 g/mol. The van der Waals surface area contributed by atoms with Crippen LogP contribution in [0.3, 0.4) is 0 Å². The van der Waals surface area contributed by atoms with Gasteiger partial charge < -0.3 is 10.4 Å². The first-order valence-electron chi connectivity index (χ1n) is 5.97. The van der Waals surface area contributed by atoms with E-state index in [0.29, 0.717) is 12.2 Å². The maximum atomic E-state index is 11.1. The van der Waals surface area contributed by atoms with Gasteiger partial charge in [0, 0.05) is 28.2 Å². The van der Waals surface area contributed by atoms with Crippen LogP contribution in [0.5, 0.6) is 0 Å². The molecule has 19 heavy (non-hydrogen) atoms. The molecule has 0 fully saturated rings. The number of pyridine rings is 1. The summed E-state index contributed by atoms with van der Waals surface area (Å²) in [5, 5.41) is 12.3. The monoisotopic (exact) mass is 276 g/mol. The number of hydrogen-bond acceptors (Lipinski definition) is 4. The molecule has 0 radical (unpaired) electrons. The lowest BCUT2D eigenvalue weighted by Crippen LogP contribution is -2.07. The van der Waals surface area contributed by atoms with Crippen LogP contribution in [0, 0.1) is 20.8 Å². The van der Waals surface area contributed by atoms with Crippen molar-refractivity contribution in [3.05, 3.63) is 44.9 Å². The molecular weight excluding hydrogens is 260 g/mol. The Morgan fingerprint density at radius 1 is 1.37 bits per heavy atom. The topological polar surface area (TPSA) is 62.2 Å². The Bertz CT molecular complexity index is 600. The number of anilines is 1. The summed E-state index contributed by atoms with van der Waals surface area (Å²) >= 11 is 1.73. The van der Waals surface area contributed by atoms with E-state index in [1.807, 2.05) is 6.92 Å². The third-order valence-corrected chi connectivity index (χ3v) is 4.09. The fourth-order valence-corrected chi connectivity index (χ4v) is 2.79. The summed E-state index contributed by atoms with van der Waals surface area (Å²) < 4.78 is 0. The Labute approximate surface area is 116 Å². The first kappa shape index (κ1) is 13.5. The minimum Gasteiger partial charge on any atom is -0.478 e. The molecule has 0 spiro atoms. The molecule has 2 N–H and O–H groups in total. The molecule has 2 aromatic heterocycles. The van der Waals surface area contributed by atoms with Gasteiger partial charge in [-0.25, -0.2) is 4.79 Å². The maximum Gasteiger partial charge on any atom is 0.339 e. The van der Waals surface area contributed by atoms with Gasteiger partial charge in [0.25, 0.3) is 0 Å². The number of carboxylic acids is 1. The van der Waals surface area contributed by atoms with Crippen LogP contribution in [0.1, 0.15) is 31.4 Å². The van der Waals surface area contributed by atoms with Crippen molar-refractivity contribution in [2.24, 2.45) is 0 Å². The van der Waals surface area contributed by atoms with Crippen molar-refractivity contribution in [3.8, 4) is 0 Å². The number of aryl methyl sites for hydroxylation is 3. The second kappa shape index (κ2) is 5.40. The molecule has 2 aromatic rings. The van der Waals surface area contributed by atoms with E-state index in [-0.39, 0.29) is 5.56 Å². The molecule has 0 aliphatic carbocycles. The average Bonchev–Trinajstić information content (AvgIpc) is 2.66. The molecular formula is C14H16N2O2S. The van der Waals surface area contributed by atoms with Crippen LogP contribution in [0.2, 0.25) is 0 Å². The zero-order valence-corrected chi connectivity index (χ0v) is 12.0. The van der Waals surface area contributed by atoms with Crippen molar-refractivity contribution in [2.75, 3.05) is 5.32 Å². The summed E-state index contributed by atoms with van der Waals surface area (Å²) in [6.45, 7) is 6.64. The summed E-state index contributed by atoms with van der Waals surface area (Å²) in [6, 6.07) is 3.89. The van der Waals surface area contributed by atoms with Crippen LogP contribution in [0.25, 0.3) is 0 Å². The zero-order chi connectivity index (χ0) is 14.0. The SMILES string of the molecule is Cc1cc(NCc2cc(C)c(C)s2)c(C(=O)O)cn1. The van der Waals surface area contributed by atoms with Crippen molar-refractivity contribution in [1.29, 1.82) is 0 Å². The normalized spacial score (nSPS) is 10.5. The predicted octanol–water partition coefficient (Wildman–Crippen LogP) is 3.38. The molecule has 0 amide bonds. The van der Waals surface area contributed by atoms with Gasteiger partial charge in [-0.05, 0) is 38.5 Å². The first-order chi connectivity index (χ1) is 8.97. The second-order valence-electron chi connectivity index (χ2n) is 4.48. The molecule has 4 nitrogen and oxygen atoms in total. The van der Waals surface area contributed by atoms with E-state index >= 15 is 0 Å². The van der Waals surface area contributed by atoms with Crippen molar-refractivity contribution in [2.45, 2.75) is 27.3 Å². The number of thiophene rings is 1. The largest absolute Gasteiger partial charge is 0.478 e. The van der Waals surface area contributed by atoms with Crippen LogP contribution in [-0.2, 0) is 6.54 Å². The fourth-order valence-electron chi connectivity index (χ4n) is 1.80. The summed E-state index contributed by atoms with van der Waals surface area (Å²) in [6.07, 6.45) is 1.39. The molecule has 0 aromatic carbocycles. The molecule has 0 aliphatic rings. The first-order valence-corrected chi connectivity index (χ1v) is 6.78. The van der Waals surface area contributed by atoms with Gasteiger partial charge in [-0.3, -0.25) is 4.98 Å². The van der Waals surface area contributed by atoms with Crippen molar-refractivity contribution in [3.63, 3.8) is 0 Å². The number of carbonyl (C=O) groups is 1. The van der Waals surface area contributed by atoms with Gasteiger partial charge in [0.1, 0.15) is 5.56 Å². The highest BCUT2D eigenvalue weighted by atomic mass is 32.1. The quantitative estimate of drug-likeness (QED) is 0.898. The Hall–Kier alpha value is -1.88. The second-order valence-corrected chi connectivity index (χ2v) is 5.82. The predicted molar refractivity (Wildman–Crippen MR) is 77.1 cm³/mol. The molecule has 0 aliphatic heterocycles. The zero-order valence-electron chi connectivity index (χ0n) is 11.2. The molecule has 5 heteroatoms. The highest BCUT2D eigenvalue weighted by molar-refractivity contribution is 7.12. The molecule has 0 atom stereocenters. The van der Waals surface area contributed by atoms with Crippen molar-refractivity contribution >= 4 is 23.0 Å². The number of rotatable bonds is 4. The Morgan fingerprint density at radius 3 is 2.68 bits per heavy atom. The molecule has 2 rings (SSSR count). The summed E-state index contributed by atoms with van der Waals surface area (Å²) in [5.41, 5.74) is 2.89. The number of aromatic nitrogens is 1. The Balaban J connectivity index is 2.19. The lowest BCUT2D eigenvalue weighted by Gasteiger charge is -2.09. The summed E-state index contributed by atoms with van der Waals surface area (Å²) in [7, 11) is 0. The van der Waals surface area contributed by atoms with Crippen LogP contribution >= 0.6 is 11.3 Å². The Kier molecular flexibility index (Phi) is 3.85. The fraction of sp³-hybridized carbons (Fsp3) is 0.286. The third-order valence-electron chi connectivity index (χ3n) is 2.94. The van der Waals surface area contributed by atoms with Gasteiger partial charge >= 0.3 is 5.97 Å². The van der Waals surface area contributed by atoms with E-state index < -0.39 is 5.97 Å². The van der Waals surface area contributed by atoms with Gasteiger partial charge in [0.15, 0.2) is 0 Å². The summed E-state index contributed by atoms with van der Waals surface area (Å²) in [5.74, 6) is -0.964. The van der Waals surface area contributed by atoms with Crippen LogP contribution in [0.15, 0.2) is 18.3 Å². The molecule has 0 bridgehead atoms. The van der Waals surface area contributed by atoms with Crippen molar-refractivity contribution in [1.82, 2.24) is 4.98 Å². The van der Waals surface area contributed by atoms with Gasteiger partial charge in [-0.15, -0.1) is 11.3 Å². The van der Waals surface area contributed by atoms with E-state index in [1.165, 1.54) is 21.5 Å². The molecule has 0 saturated heterocycles. The minimum atomic E-state index is -0.964. The number of nitrogens with zero attached hydrogens (tertiary/aromatic N) is 1. The standard InChI is InChI=1S/C14H16N2O2S/c1-8-4-11(19-10(8)3)6-16-13-5-9(2)15-7-12(13)14(17)18/h4-5,7H,6H2,1-3H3,(H,15,16)(H,17,18). The van der Waals surface area contributed by atoms with Gasteiger partial charge in [0.2, 0.25) is 0 Å². The minimum absolute atomic E-state index is 0.204. The van der Waals surface area contributed by atoms with Gasteiger partial charge in [-0.2, -0.15) is 0 Å². The number of aromatic carboxylic acids is 1.